The molecule has 9 nitrogen and oxygen atoms in total. The molecule has 3 aliphatic heterocycles. The van der Waals surface area contributed by atoms with Crippen molar-refractivity contribution in [2.24, 2.45) is 5.92 Å². The second-order valence-electron chi connectivity index (χ2n) is 10.1. The maximum absolute atomic E-state index is 13.2. The molecule has 34 heavy (non-hydrogen) atoms. The molecule has 4 heterocycles. The van der Waals surface area contributed by atoms with Crippen LogP contribution >= 0.6 is 0 Å². The Morgan fingerprint density at radius 1 is 1.00 bits per heavy atom. The van der Waals surface area contributed by atoms with Crippen molar-refractivity contribution < 1.29 is 19.1 Å². The predicted octanol–water partition coefficient (Wildman–Crippen LogP) is 1.92. The Morgan fingerprint density at radius 3 is 2.47 bits per heavy atom. The Morgan fingerprint density at radius 2 is 1.79 bits per heavy atom. The zero-order valence-electron chi connectivity index (χ0n) is 19.9. The molecule has 1 aromatic rings. The zero-order chi connectivity index (χ0) is 23.3. The lowest BCUT2D eigenvalue weighted by Gasteiger charge is -2.44. The monoisotopic (exact) mass is 471 g/mol. The van der Waals surface area contributed by atoms with E-state index in [4.69, 9.17) is 9.47 Å². The molecule has 3 atom stereocenters. The average Bonchev–Trinajstić information content (AvgIpc) is 3.38. The normalized spacial score (nSPS) is 28.5. The van der Waals surface area contributed by atoms with Gasteiger partial charge >= 0.3 is 0 Å². The molecule has 186 valence electrons. The zero-order valence-corrected chi connectivity index (χ0v) is 19.9. The number of anilines is 1. The summed E-state index contributed by atoms with van der Waals surface area (Å²) < 4.78 is 12.0. The number of ether oxygens (including phenoxy) is 2. The number of hydrogen-bond acceptors (Lipinski definition) is 7. The molecule has 1 aliphatic carbocycles. The minimum absolute atomic E-state index is 0.0402. The fourth-order valence-corrected chi connectivity index (χ4v) is 5.57. The van der Waals surface area contributed by atoms with E-state index in [-0.39, 0.29) is 42.0 Å². The highest BCUT2D eigenvalue weighted by molar-refractivity contribution is 5.82. The van der Waals surface area contributed by atoms with E-state index in [0.29, 0.717) is 13.2 Å². The summed E-state index contributed by atoms with van der Waals surface area (Å²) >= 11 is 0. The van der Waals surface area contributed by atoms with Crippen molar-refractivity contribution in [1.29, 1.82) is 0 Å². The van der Waals surface area contributed by atoms with Crippen LogP contribution in [0.4, 0.5) is 5.95 Å². The van der Waals surface area contributed by atoms with Gasteiger partial charge in [0.1, 0.15) is 6.10 Å². The molecule has 1 aromatic heterocycles. The number of carbonyl (C=O) groups is 2. The number of nitrogens with zero attached hydrogens (tertiary/aromatic N) is 4. The van der Waals surface area contributed by atoms with Crippen LogP contribution in [-0.2, 0) is 19.1 Å². The summed E-state index contributed by atoms with van der Waals surface area (Å²) in [6.07, 6.45) is 11.7. The van der Waals surface area contributed by atoms with Gasteiger partial charge in [-0.3, -0.25) is 9.59 Å². The van der Waals surface area contributed by atoms with Gasteiger partial charge in [0.05, 0.1) is 24.8 Å². The molecule has 0 aromatic carbocycles. The largest absolute Gasteiger partial charge is 0.376 e. The first kappa shape index (κ1) is 23.5. The van der Waals surface area contributed by atoms with Crippen molar-refractivity contribution in [2.75, 3.05) is 37.7 Å². The van der Waals surface area contributed by atoms with Crippen LogP contribution in [0.2, 0.25) is 0 Å². The molecular weight excluding hydrogens is 434 g/mol. The van der Waals surface area contributed by atoms with Crippen LogP contribution in [0.1, 0.15) is 57.8 Å². The van der Waals surface area contributed by atoms with Gasteiger partial charge in [0.2, 0.25) is 17.8 Å². The second kappa shape index (κ2) is 11.0. The van der Waals surface area contributed by atoms with E-state index in [9.17, 15) is 9.59 Å². The molecule has 1 N–H and O–H groups in total. The molecule has 0 radical (unpaired) electrons. The molecule has 9 heteroatoms. The van der Waals surface area contributed by atoms with Crippen molar-refractivity contribution in [3.05, 3.63) is 18.5 Å². The summed E-state index contributed by atoms with van der Waals surface area (Å²) in [6, 6.07) is 1.61. The molecule has 3 saturated heterocycles. The Labute approximate surface area is 201 Å². The number of nitrogens with one attached hydrogen (secondary N) is 1. The fraction of sp³-hybridized carbons (Fsp3) is 0.760. The van der Waals surface area contributed by atoms with Crippen LogP contribution in [-0.4, -0.2) is 83.8 Å². The number of aromatic nitrogens is 2. The second-order valence-corrected chi connectivity index (χ2v) is 10.1. The number of rotatable bonds is 7. The van der Waals surface area contributed by atoms with E-state index >= 15 is 0 Å². The van der Waals surface area contributed by atoms with E-state index in [2.05, 4.69) is 20.2 Å². The van der Waals surface area contributed by atoms with Crippen molar-refractivity contribution >= 4 is 17.8 Å². The lowest BCUT2D eigenvalue weighted by atomic mass is 9.83. The van der Waals surface area contributed by atoms with Crippen LogP contribution in [0.3, 0.4) is 0 Å². The minimum Gasteiger partial charge on any atom is -0.376 e. The quantitative estimate of drug-likeness (QED) is 0.649. The van der Waals surface area contributed by atoms with Crippen molar-refractivity contribution in [2.45, 2.75) is 82.1 Å². The summed E-state index contributed by atoms with van der Waals surface area (Å²) in [7, 11) is 0. The third-order valence-electron chi connectivity index (χ3n) is 7.85. The van der Waals surface area contributed by atoms with Gasteiger partial charge in [-0.25, -0.2) is 9.97 Å². The van der Waals surface area contributed by atoms with E-state index in [1.807, 2.05) is 11.0 Å². The Hall–Kier alpha value is -2.26. The van der Waals surface area contributed by atoms with Gasteiger partial charge in [0.15, 0.2) is 0 Å². The van der Waals surface area contributed by atoms with Gasteiger partial charge in [-0.1, -0.05) is 6.42 Å². The van der Waals surface area contributed by atoms with Gasteiger partial charge in [-0.2, -0.15) is 0 Å². The Kier molecular flexibility index (Phi) is 7.59. The molecule has 1 saturated carbocycles. The molecule has 0 spiro atoms. The molecule has 4 aliphatic rings. The molecule has 4 fully saturated rings. The Bertz CT molecular complexity index is 822. The van der Waals surface area contributed by atoms with Crippen molar-refractivity contribution in [1.82, 2.24) is 20.2 Å². The van der Waals surface area contributed by atoms with Crippen LogP contribution in [0.15, 0.2) is 18.5 Å². The topological polar surface area (TPSA) is 96.9 Å². The first-order valence-corrected chi connectivity index (χ1v) is 13.0. The smallest absolute Gasteiger partial charge is 0.249 e. The lowest BCUT2D eigenvalue weighted by molar-refractivity contribution is -0.147. The van der Waals surface area contributed by atoms with Gasteiger partial charge in [0.25, 0.3) is 0 Å². The maximum atomic E-state index is 13.2. The fourth-order valence-electron chi connectivity index (χ4n) is 5.57. The van der Waals surface area contributed by atoms with Crippen LogP contribution in [0, 0.1) is 5.92 Å². The first-order chi connectivity index (χ1) is 16.7. The van der Waals surface area contributed by atoms with E-state index < -0.39 is 0 Å². The van der Waals surface area contributed by atoms with Gasteiger partial charge in [-0.15, -0.1) is 0 Å². The first-order valence-electron chi connectivity index (χ1n) is 13.0. The predicted molar refractivity (Wildman–Crippen MR) is 126 cm³/mol. The van der Waals surface area contributed by atoms with E-state index in [1.54, 1.807) is 12.4 Å². The summed E-state index contributed by atoms with van der Waals surface area (Å²) in [6.45, 7) is 3.56. The standard InChI is InChI=1S/C25H37N5O4/c31-23(22-8-3-16-33-22)28-20-7-2-13-30(24(32)18-5-1-6-18)21(20)17-34-19-9-14-29(15-10-19)25-26-11-4-12-27-25/h4,11-12,18-22H,1-3,5-10,13-17H2,(H,28,31)/t20?,21?,22-/m0/s1. The summed E-state index contributed by atoms with van der Waals surface area (Å²) in [5, 5.41) is 3.22. The maximum Gasteiger partial charge on any atom is 0.249 e. The highest BCUT2D eigenvalue weighted by Gasteiger charge is 2.40. The minimum atomic E-state index is -0.358. The highest BCUT2D eigenvalue weighted by Crippen LogP contribution is 2.31. The summed E-state index contributed by atoms with van der Waals surface area (Å²) in [5.74, 6) is 1.11. The van der Waals surface area contributed by atoms with Crippen molar-refractivity contribution in [3.63, 3.8) is 0 Å². The highest BCUT2D eigenvalue weighted by atomic mass is 16.5. The number of likely N-dealkylation sites (tertiary alicyclic amines) is 1. The molecule has 5 rings (SSSR count). The Balaban J connectivity index is 1.20. The summed E-state index contributed by atoms with van der Waals surface area (Å²) in [5.41, 5.74) is 0. The molecular formula is C25H37N5O4. The lowest BCUT2D eigenvalue weighted by Crippen LogP contribution is -2.61. The number of hydrogen-bond donors (Lipinski definition) is 1. The number of piperidine rings is 2. The van der Waals surface area contributed by atoms with Gasteiger partial charge in [0, 0.05) is 44.6 Å². The van der Waals surface area contributed by atoms with E-state index in [1.165, 1.54) is 0 Å². The van der Waals surface area contributed by atoms with Gasteiger partial charge in [-0.05, 0) is 57.4 Å². The van der Waals surface area contributed by atoms with Gasteiger partial charge < -0.3 is 24.6 Å². The van der Waals surface area contributed by atoms with E-state index in [0.717, 1.165) is 83.4 Å². The number of amides is 2. The molecule has 0 bridgehead atoms. The molecule has 2 unspecified atom stereocenters. The number of carbonyl (C=O) groups excluding carboxylic acids is 2. The SMILES string of the molecule is O=C(NC1CCCN(C(=O)C2CCC2)C1COC1CCN(c2ncccn2)CC1)[C@@H]1CCCO1. The summed E-state index contributed by atoms with van der Waals surface area (Å²) in [4.78, 5) is 39.0. The van der Waals surface area contributed by atoms with Crippen LogP contribution in [0.25, 0.3) is 0 Å². The molecule has 2 amide bonds. The third-order valence-corrected chi connectivity index (χ3v) is 7.85. The average molecular weight is 472 g/mol. The van der Waals surface area contributed by atoms with Crippen molar-refractivity contribution in [3.8, 4) is 0 Å². The third kappa shape index (κ3) is 5.35. The van der Waals surface area contributed by atoms with Crippen LogP contribution in [0.5, 0.6) is 0 Å². The van der Waals surface area contributed by atoms with Crippen LogP contribution < -0.4 is 10.2 Å².